The van der Waals surface area contributed by atoms with Crippen molar-refractivity contribution in [3.05, 3.63) is 210 Å². The Morgan fingerprint density at radius 2 is 0.900 bits per heavy atom. The number of rotatable bonds is 4. The molecule has 0 saturated carbocycles. The zero-order chi connectivity index (χ0) is 54.4. The maximum absolute atomic E-state index is 7.24. The summed E-state index contributed by atoms with van der Waals surface area (Å²) < 4.78 is 14.4. The molecule has 12 aromatic rings. The van der Waals surface area contributed by atoms with E-state index in [2.05, 4.69) is 254 Å². The van der Waals surface area contributed by atoms with Crippen LogP contribution in [0.5, 0.6) is 0 Å². The molecule has 4 heterocycles. The van der Waals surface area contributed by atoms with Crippen molar-refractivity contribution in [2.45, 2.75) is 110 Å². The van der Waals surface area contributed by atoms with Crippen LogP contribution in [0.2, 0.25) is 0 Å². The van der Waals surface area contributed by atoms with Crippen LogP contribution in [0.3, 0.4) is 0 Å². The molecule has 0 atom stereocenters. The molecule has 0 radical (unpaired) electrons. The average Bonchev–Trinajstić information content (AvgIpc) is 3.01. The third-order valence-electron chi connectivity index (χ3n) is 19.9. The molecule has 0 fully saturated rings. The van der Waals surface area contributed by atoms with E-state index in [9.17, 15) is 0 Å². The van der Waals surface area contributed by atoms with Crippen LogP contribution >= 0.6 is 0 Å². The summed E-state index contributed by atoms with van der Waals surface area (Å²) in [5, 5.41) is 7.09. The molecule has 4 nitrogen and oxygen atoms in total. The minimum absolute atomic E-state index is 0.0376. The molecule has 0 spiro atoms. The number of benzene rings is 10. The third-order valence-corrected chi connectivity index (χ3v) is 19.9. The maximum atomic E-state index is 7.24. The SMILES string of the molecule is Cc1ccccc1-c1cc2c3c(c1)N(c1ccc4c(c1)oc1cc5c(cc14)C(C)(C)CCC5(C)C)c1cc4oc5cc6c(cc5c4cc1B3N(c1ccc(-c3ccccc3)cc1)c1cc3ccccc3cc1-2)C(C)(C)CCC6(C)C. The number of hydrogen-bond acceptors (Lipinski definition) is 4. The quantitative estimate of drug-likeness (QED) is 0.165. The minimum Gasteiger partial charge on any atom is -0.456 e. The Bertz CT molecular complexity index is 4630. The van der Waals surface area contributed by atoms with Crippen molar-refractivity contribution in [2.24, 2.45) is 0 Å². The summed E-state index contributed by atoms with van der Waals surface area (Å²) in [5.41, 5.74) is 26.2. The summed E-state index contributed by atoms with van der Waals surface area (Å²) >= 11 is 0. The van der Waals surface area contributed by atoms with Gasteiger partial charge in [0.2, 0.25) is 0 Å². The molecule has 2 aromatic heterocycles. The van der Waals surface area contributed by atoms with E-state index < -0.39 is 0 Å². The van der Waals surface area contributed by atoms with Gasteiger partial charge in [-0.3, -0.25) is 0 Å². The Labute approximate surface area is 469 Å². The Morgan fingerprint density at radius 1 is 0.375 bits per heavy atom. The number of anilines is 5. The van der Waals surface area contributed by atoms with Gasteiger partial charge in [0.25, 0.3) is 0 Å². The van der Waals surface area contributed by atoms with E-state index in [-0.39, 0.29) is 28.5 Å². The molecule has 0 saturated heterocycles. The normalized spacial score (nSPS) is 17.2. The van der Waals surface area contributed by atoms with Crippen molar-refractivity contribution < 1.29 is 8.83 Å². The Hall–Kier alpha value is -8.28. The van der Waals surface area contributed by atoms with Crippen molar-refractivity contribution in [3.63, 3.8) is 0 Å². The van der Waals surface area contributed by atoms with Gasteiger partial charge in [0.1, 0.15) is 22.3 Å². The molecule has 10 aromatic carbocycles. The number of nitrogens with zero attached hydrogens (tertiary/aromatic N) is 2. The number of aryl methyl sites for hydroxylation is 1. The molecule has 0 N–H and O–H groups in total. The maximum Gasteiger partial charge on any atom is 0.333 e. The first-order valence-electron chi connectivity index (χ1n) is 29.1. The van der Waals surface area contributed by atoms with E-state index in [1.807, 2.05) is 0 Å². The lowest BCUT2D eigenvalue weighted by atomic mass is 9.43. The molecule has 0 unspecified atom stereocenters. The fraction of sp³-hybridized carbons (Fsp3) is 0.227. The Morgan fingerprint density at radius 3 is 1.55 bits per heavy atom. The summed E-state index contributed by atoms with van der Waals surface area (Å²) in [6.07, 6.45) is 4.60. The first-order chi connectivity index (χ1) is 38.5. The van der Waals surface area contributed by atoms with E-state index in [1.54, 1.807) is 0 Å². The monoisotopic (exact) mass is 1040 g/mol. The minimum atomic E-state index is -0.219. The highest BCUT2D eigenvalue weighted by molar-refractivity contribution is 6.94. The first kappa shape index (κ1) is 47.7. The highest BCUT2D eigenvalue weighted by Gasteiger charge is 2.47. The van der Waals surface area contributed by atoms with E-state index in [0.29, 0.717) is 0 Å². The lowest BCUT2D eigenvalue weighted by molar-refractivity contribution is 0.332. The summed E-state index contributed by atoms with van der Waals surface area (Å²) in [6.45, 7) is 21.3. The van der Waals surface area contributed by atoms with Gasteiger partial charge in [0, 0.05) is 67.7 Å². The van der Waals surface area contributed by atoms with Crippen LogP contribution < -0.4 is 20.6 Å². The number of fused-ring (bicyclic) bond motifs is 13. The highest BCUT2D eigenvalue weighted by atomic mass is 16.3. The van der Waals surface area contributed by atoms with Crippen molar-refractivity contribution >= 4 is 101 Å². The molecule has 5 heteroatoms. The van der Waals surface area contributed by atoms with Gasteiger partial charge in [-0.25, -0.2) is 0 Å². The largest absolute Gasteiger partial charge is 0.456 e. The molecular formula is C75H65BN2O2. The average molecular weight is 1040 g/mol. The number of furan rings is 2. The van der Waals surface area contributed by atoms with Gasteiger partial charge in [-0.2, -0.15) is 0 Å². The topological polar surface area (TPSA) is 32.8 Å². The van der Waals surface area contributed by atoms with Gasteiger partial charge in [0.05, 0.1) is 0 Å². The summed E-state index contributed by atoms with van der Waals surface area (Å²) in [7, 11) is 0. The first-order valence-corrected chi connectivity index (χ1v) is 29.1. The predicted molar refractivity (Wildman–Crippen MR) is 338 cm³/mol. The van der Waals surface area contributed by atoms with Crippen LogP contribution in [-0.4, -0.2) is 6.85 Å². The fourth-order valence-electron chi connectivity index (χ4n) is 15.0. The molecule has 4 aliphatic rings. The van der Waals surface area contributed by atoms with Crippen LogP contribution in [0.1, 0.15) is 109 Å². The van der Waals surface area contributed by atoms with Crippen molar-refractivity contribution in [3.8, 4) is 33.4 Å². The lowest BCUT2D eigenvalue weighted by Crippen LogP contribution is -2.61. The molecular weight excluding hydrogens is 972 g/mol. The molecule has 390 valence electrons. The fourth-order valence-corrected chi connectivity index (χ4v) is 15.0. The van der Waals surface area contributed by atoms with Crippen LogP contribution in [-0.2, 0) is 21.7 Å². The van der Waals surface area contributed by atoms with Gasteiger partial charge >= 0.3 is 6.85 Å². The second-order valence-electron chi connectivity index (χ2n) is 26.6. The van der Waals surface area contributed by atoms with E-state index in [4.69, 9.17) is 8.83 Å². The standard InChI is InChI=1S/C75H65BN2O2/c1-44-17-13-16-22-52(44)49-34-58-54-33-47-20-14-15-21-48(47)35-64(54)78(50-25-23-46(24-26-50)45-18-11-10-12-19-45)76-63-40-57-56-39-60-62(75(8,9)32-30-73(60,4)5)42-69(56)80-70(57)43-65(63)77(66(36-49)71(58)76)51-27-28-53-55-38-59-61(41-68(55)79-67(53)37-51)74(6,7)31-29-72(59,2)3/h10-28,33-43H,29-32H2,1-9H3. The van der Waals surface area contributed by atoms with Gasteiger partial charge in [-0.05, 0) is 204 Å². The van der Waals surface area contributed by atoms with Gasteiger partial charge in [-0.15, -0.1) is 0 Å². The molecule has 0 bridgehead atoms. The van der Waals surface area contributed by atoms with Crippen molar-refractivity contribution in [2.75, 3.05) is 9.71 Å². The van der Waals surface area contributed by atoms with Crippen LogP contribution in [0, 0.1) is 6.92 Å². The molecule has 2 aliphatic heterocycles. The lowest BCUT2D eigenvalue weighted by Gasteiger charge is -2.46. The van der Waals surface area contributed by atoms with E-state index in [0.717, 1.165) is 81.5 Å². The van der Waals surface area contributed by atoms with Crippen molar-refractivity contribution in [1.82, 2.24) is 0 Å². The Balaban J connectivity index is 1.01. The number of hydrogen-bond donors (Lipinski definition) is 0. The summed E-state index contributed by atoms with van der Waals surface area (Å²) in [5.74, 6) is 0. The van der Waals surface area contributed by atoms with Crippen molar-refractivity contribution in [1.29, 1.82) is 0 Å². The third kappa shape index (κ3) is 6.88. The second-order valence-corrected chi connectivity index (χ2v) is 26.6. The molecule has 16 rings (SSSR count). The molecule has 80 heavy (non-hydrogen) atoms. The summed E-state index contributed by atoms with van der Waals surface area (Å²) in [6, 6.07) is 69.2. The highest BCUT2D eigenvalue weighted by Crippen LogP contribution is 2.54. The predicted octanol–water partition coefficient (Wildman–Crippen LogP) is 19.7. The van der Waals surface area contributed by atoms with Crippen LogP contribution in [0.15, 0.2) is 191 Å². The van der Waals surface area contributed by atoms with Gasteiger partial charge in [-0.1, -0.05) is 152 Å². The zero-order valence-corrected chi connectivity index (χ0v) is 47.4. The zero-order valence-electron chi connectivity index (χ0n) is 47.4. The summed E-state index contributed by atoms with van der Waals surface area (Å²) in [4.78, 5) is 5.20. The second kappa shape index (κ2) is 16.4. The smallest absolute Gasteiger partial charge is 0.333 e. The molecule has 0 amide bonds. The van der Waals surface area contributed by atoms with Crippen LogP contribution in [0.4, 0.5) is 28.4 Å². The van der Waals surface area contributed by atoms with Crippen LogP contribution in [0.25, 0.3) is 88.0 Å². The molecule has 2 aliphatic carbocycles. The van der Waals surface area contributed by atoms with E-state index in [1.165, 1.54) is 99.4 Å². The van der Waals surface area contributed by atoms with Gasteiger partial charge < -0.3 is 18.5 Å². The van der Waals surface area contributed by atoms with Gasteiger partial charge in [0.15, 0.2) is 0 Å². The van der Waals surface area contributed by atoms with E-state index >= 15 is 0 Å². The Kier molecular flexibility index (Phi) is 9.79.